The Morgan fingerprint density at radius 3 is 2.07 bits per heavy atom. The zero-order valence-electron chi connectivity index (χ0n) is 15.5. The van der Waals surface area contributed by atoms with Gasteiger partial charge in [-0.2, -0.15) is 0 Å². The summed E-state index contributed by atoms with van der Waals surface area (Å²) in [6, 6.07) is 23.3. The lowest BCUT2D eigenvalue weighted by Crippen LogP contribution is -2.42. The zero-order valence-corrected chi connectivity index (χ0v) is 16.3. The highest BCUT2D eigenvalue weighted by Gasteiger charge is 2.44. The molecule has 4 rings (SSSR count). The standard InChI is InChI=1S/C23H21NO3S/c1-15-10-12-16(13-11-15)23(27-14-19(24)22(25)26)17-6-2-4-8-20(17)28-21-9-5-3-7-18(21)23/h2-13,19H,14,24H2,1H3,(H,25,26)/t19-/m0/s1. The molecule has 0 fully saturated rings. The van der Waals surface area contributed by atoms with E-state index in [-0.39, 0.29) is 6.61 Å². The number of carbonyl (C=O) groups is 1. The minimum Gasteiger partial charge on any atom is -0.480 e. The SMILES string of the molecule is Cc1ccc(C2(OC[C@H](N)C(=O)O)c3ccccc3Sc3ccccc32)cc1. The number of rotatable bonds is 5. The zero-order chi connectivity index (χ0) is 19.7. The molecule has 3 N–H and O–H groups in total. The van der Waals surface area contributed by atoms with Crippen LogP contribution in [-0.4, -0.2) is 23.7 Å². The second-order valence-corrected chi connectivity index (χ2v) is 7.98. The average molecular weight is 391 g/mol. The molecule has 0 radical (unpaired) electrons. The summed E-state index contributed by atoms with van der Waals surface area (Å²) in [6.07, 6.45) is 0. The van der Waals surface area contributed by atoms with Gasteiger partial charge in [-0.25, -0.2) is 0 Å². The Kier molecular flexibility index (Phi) is 4.98. The van der Waals surface area contributed by atoms with Crippen molar-refractivity contribution in [2.45, 2.75) is 28.4 Å². The predicted octanol–water partition coefficient (Wildman–Crippen LogP) is 4.18. The van der Waals surface area contributed by atoms with Gasteiger partial charge in [-0.05, 0) is 24.6 Å². The lowest BCUT2D eigenvalue weighted by atomic mass is 9.79. The number of aryl methyl sites for hydroxylation is 1. The fourth-order valence-electron chi connectivity index (χ4n) is 3.58. The van der Waals surface area contributed by atoms with Gasteiger partial charge < -0.3 is 15.6 Å². The summed E-state index contributed by atoms with van der Waals surface area (Å²) in [5.41, 5.74) is 8.99. The molecule has 3 aromatic rings. The van der Waals surface area contributed by atoms with Crippen LogP contribution in [0.1, 0.15) is 22.3 Å². The third kappa shape index (κ3) is 3.11. The summed E-state index contributed by atoms with van der Waals surface area (Å²) in [6.45, 7) is 1.94. The molecule has 0 amide bonds. The molecule has 0 unspecified atom stereocenters. The minimum absolute atomic E-state index is 0.101. The van der Waals surface area contributed by atoms with E-state index in [2.05, 4.69) is 12.1 Å². The number of hydrogen-bond donors (Lipinski definition) is 2. The van der Waals surface area contributed by atoms with Crippen molar-refractivity contribution in [1.29, 1.82) is 0 Å². The van der Waals surface area contributed by atoms with Gasteiger partial charge in [-0.15, -0.1) is 0 Å². The van der Waals surface area contributed by atoms with E-state index in [9.17, 15) is 9.90 Å². The van der Waals surface area contributed by atoms with Crippen molar-refractivity contribution in [2.24, 2.45) is 5.73 Å². The largest absolute Gasteiger partial charge is 0.480 e. The van der Waals surface area contributed by atoms with E-state index >= 15 is 0 Å². The monoisotopic (exact) mass is 391 g/mol. The Morgan fingerprint density at radius 1 is 1.00 bits per heavy atom. The summed E-state index contributed by atoms with van der Waals surface area (Å²) in [5, 5.41) is 9.28. The number of benzene rings is 3. The van der Waals surface area contributed by atoms with Gasteiger partial charge in [0.15, 0.2) is 0 Å². The van der Waals surface area contributed by atoms with Gasteiger partial charge in [0, 0.05) is 20.9 Å². The van der Waals surface area contributed by atoms with Crippen LogP contribution in [0.15, 0.2) is 82.6 Å². The van der Waals surface area contributed by atoms with Crippen molar-refractivity contribution in [3.63, 3.8) is 0 Å². The molecule has 1 atom stereocenters. The van der Waals surface area contributed by atoms with Crippen LogP contribution in [0.4, 0.5) is 0 Å². The van der Waals surface area contributed by atoms with Crippen LogP contribution < -0.4 is 5.73 Å². The summed E-state index contributed by atoms with van der Waals surface area (Å²) >= 11 is 1.70. The van der Waals surface area contributed by atoms with E-state index in [0.717, 1.165) is 32.0 Å². The van der Waals surface area contributed by atoms with Gasteiger partial charge in [0.25, 0.3) is 0 Å². The topological polar surface area (TPSA) is 72.5 Å². The fraction of sp³-hybridized carbons (Fsp3) is 0.174. The number of aliphatic carboxylic acids is 1. The Balaban J connectivity index is 1.97. The number of carboxylic acids is 1. The van der Waals surface area contributed by atoms with E-state index in [0.29, 0.717) is 0 Å². The first-order chi connectivity index (χ1) is 13.5. The lowest BCUT2D eigenvalue weighted by molar-refractivity contribution is -0.141. The van der Waals surface area contributed by atoms with Crippen molar-refractivity contribution in [3.8, 4) is 0 Å². The summed E-state index contributed by atoms with van der Waals surface area (Å²) in [4.78, 5) is 13.5. The van der Waals surface area contributed by atoms with Crippen molar-refractivity contribution < 1.29 is 14.6 Å². The molecule has 1 aliphatic rings. The number of ether oxygens (including phenoxy) is 1. The molecule has 0 aromatic heterocycles. The summed E-state index contributed by atoms with van der Waals surface area (Å²) in [5.74, 6) is -1.08. The maximum atomic E-state index is 11.3. The van der Waals surface area contributed by atoms with Gasteiger partial charge >= 0.3 is 5.97 Å². The van der Waals surface area contributed by atoms with Crippen LogP contribution in [0.25, 0.3) is 0 Å². The van der Waals surface area contributed by atoms with E-state index < -0.39 is 17.6 Å². The molecule has 0 bridgehead atoms. The lowest BCUT2D eigenvalue weighted by Gasteiger charge is -2.41. The Bertz CT molecular complexity index is 971. The van der Waals surface area contributed by atoms with Crippen LogP contribution in [-0.2, 0) is 15.1 Å². The molecular weight excluding hydrogens is 370 g/mol. The quantitative estimate of drug-likeness (QED) is 0.683. The number of carboxylic acid groups (broad SMARTS) is 1. The van der Waals surface area contributed by atoms with E-state index in [1.165, 1.54) is 0 Å². The first-order valence-electron chi connectivity index (χ1n) is 9.09. The molecule has 28 heavy (non-hydrogen) atoms. The van der Waals surface area contributed by atoms with Crippen LogP contribution >= 0.6 is 11.8 Å². The molecule has 142 valence electrons. The number of hydrogen-bond acceptors (Lipinski definition) is 4. The van der Waals surface area contributed by atoms with Crippen molar-refractivity contribution in [1.82, 2.24) is 0 Å². The van der Waals surface area contributed by atoms with Crippen LogP contribution in [0.5, 0.6) is 0 Å². The Morgan fingerprint density at radius 2 is 1.54 bits per heavy atom. The van der Waals surface area contributed by atoms with Gasteiger partial charge in [-0.3, -0.25) is 4.79 Å². The van der Waals surface area contributed by atoms with Crippen molar-refractivity contribution in [3.05, 3.63) is 95.1 Å². The molecule has 1 aliphatic heterocycles. The minimum atomic E-state index is -1.10. The third-order valence-electron chi connectivity index (χ3n) is 5.01. The van der Waals surface area contributed by atoms with E-state index in [1.54, 1.807) is 11.8 Å². The predicted molar refractivity (Wildman–Crippen MR) is 110 cm³/mol. The van der Waals surface area contributed by atoms with Gasteiger partial charge in [0.1, 0.15) is 11.6 Å². The fourth-order valence-corrected chi connectivity index (χ4v) is 4.75. The number of fused-ring (bicyclic) bond motifs is 2. The number of nitrogens with two attached hydrogens (primary N) is 1. The molecular formula is C23H21NO3S. The molecule has 4 nitrogen and oxygen atoms in total. The highest BCUT2D eigenvalue weighted by atomic mass is 32.2. The van der Waals surface area contributed by atoms with Crippen LogP contribution in [0.3, 0.4) is 0 Å². The Hall–Kier alpha value is -2.60. The normalized spacial score (nSPS) is 15.4. The highest BCUT2D eigenvalue weighted by molar-refractivity contribution is 7.99. The van der Waals surface area contributed by atoms with Gasteiger partial charge in [-0.1, -0.05) is 78.0 Å². The first-order valence-corrected chi connectivity index (χ1v) is 9.90. The molecule has 5 heteroatoms. The van der Waals surface area contributed by atoms with E-state index in [4.69, 9.17) is 10.5 Å². The molecule has 0 aliphatic carbocycles. The maximum Gasteiger partial charge on any atom is 0.322 e. The smallest absolute Gasteiger partial charge is 0.322 e. The molecule has 0 spiro atoms. The van der Waals surface area contributed by atoms with Gasteiger partial charge in [0.05, 0.1) is 6.61 Å². The second kappa shape index (κ2) is 7.43. The third-order valence-corrected chi connectivity index (χ3v) is 6.16. The van der Waals surface area contributed by atoms with Crippen molar-refractivity contribution in [2.75, 3.05) is 6.61 Å². The molecule has 3 aromatic carbocycles. The van der Waals surface area contributed by atoms with E-state index in [1.807, 2.05) is 67.6 Å². The molecule has 0 saturated heterocycles. The Labute approximate surface area is 168 Å². The molecule has 1 heterocycles. The summed E-state index contributed by atoms with van der Waals surface area (Å²) in [7, 11) is 0. The van der Waals surface area contributed by atoms with Crippen LogP contribution in [0.2, 0.25) is 0 Å². The van der Waals surface area contributed by atoms with Crippen LogP contribution in [0, 0.1) is 6.92 Å². The average Bonchev–Trinajstić information content (AvgIpc) is 2.71. The molecule has 0 saturated carbocycles. The van der Waals surface area contributed by atoms with Gasteiger partial charge in [0.2, 0.25) is 0 Å². The highest BCUT2D eigenvalue weighted by Crippen LogP contribution is 2.52. The maximum absolute atomic E-state index is 11.3. The van der Waals surface area contributed by atoms with Crippen molar-refractivity contribution >= 4 is 17.7 Å². The second-order valence-electron chi connectivity index (χ2n) is 6.90. The first kappa shape index (κ1) is 18.7. The summed E-state index contributed by atoms with van der Waals surface area (Å²) < 4.78 is 6.45.